The Balaban J connectivity index is 1.82. The first-order chi connectivity index (χ1) is 12.6. The van der Waals surface area contributed by atoms with Crippen molar-refractivity contribution >= 4 is 23.0 Å². The van der Waals surface area contributed by atoms with Crippen LogP contribution in [0.2, 0.25) is 0 Å². The summed E-state index contributed by atoms with van der Waals surface area (Å²) < 4.78 is 10.7. The van der Waals surface area contributed by atoms with E-state index in [2.05, 4.69) is 46.6 Å². The lowest BCUT2D eigenvalue weighted by molar-refractivity contribution is 0.405. The van der Waals surface area contributed by atoms with Crippen LogP contribution in [0, 0.1) is 13.8 Å². The Hall–Kier alpha value is -3.28. The van der Waals surface area contributed by atoms with Crippen LogP contribution in [-0.2, 0) is 0 Å². The number of rotatable bonds is 6. The lowest BCUT2D eigenvalue weighted by atomic mass is 10.1. The monoisotopic (exact) mass is 350 g/mol. The summed E-state index contributed by atoms with van der Waals surface area (Å²) in [7, 11) is 3.25. The molecule has 0 radical (unpaired) electrons. The van der Waals surface area contributed by atoms with E-state index in [9.17, 15) is 0 Å². The molecule has 0 atom stereocenters. The zero-order valence-electron chi connectivity index (χ0n) is 15.3. The van der Waals surface area contributed by atoms with Crippen molar-refractivity contribution in [2.75, 3.05) is 24.9 Å². The van der Waals surface area contributed by atoms with Crippen LogP contribution in [0.1, 0.15) is 11.1 Å². The second-order valence-electron chi connectivity index (χ2n) is 5.90. The van der Waals surface area contributed by atoms with Crippen molar-refractivity contribution in [3.05, 3.63) is 59.9 Å². The maximum absolute atomic E-state index is 5.39. The van der Waals surface area contributed by atoms with Gasteiger partial charge in [0, 0.05) is 17.8 Å². The fourth-order valence-electron chi connectivity index (χ4n) is 2.51. The molecule has 26 heavy (non-hydrogen) atoms. The van der Waals surface area contributed by atoms with Gasteiger partial charge >= 0.3 is 0 Å². The SMILES string of the molecule is COc1ccc(OC)c(Nc2cc(Nc3ccc(C)c(C)c3)ncn2)c1. The van der Waals surface area contributed by atoms with E-state index in [-0.39, 0.29) is 0 Å². The van der Waals surface area contributed by atoms with Gasteiger partial charge in [-0.2, -0.15) is 0 Å². The van der Waals surface area contributed by atoms with Crippen molar-refractivity contribution in [3.63, 3.8) is 0 Å². The van der Waals surface area contributed by atoms with Gasteiger partial charge in [-0.1, -0.05) is 6.07 Å². The van der Waals surface area contributed by atoms with Crippen LogP contribution in [-0.4, -0.2) is 24.2 Å². The summed E-state index contributed by atoms with van der Waals surface area (Å²) >= 11 is 0. The molecule has 0 bridgehead atoms. The fraction of sp³-hybridized carbons (Fsp3) is 0.200. The second kappa shape index (κ2) is 7.74. The molecule has 0 amide bonds. The van der Waals surface area contributed by atoms with E-state index < -0.39 is 0 Å². The maximum atomic E-state index is 5.39. The molecule has 2 aromatic carbocycles. The van der Waals surface area contributed by atoms with Crippen molar-refractivity contribution in [1.82, 2.24) is 9.97 Å². The minimum absolute atomic E-state index is 0.651. The topological polar surface area (TPSA) is 68.3 Å². The Bertz CT molecular complexity index is 912. The summed E-state index contributed by atoms with van der Waals surface area (Å²) in [4.78, 5) is 8.57. The first-order valence-electron chi connectivity index (χ1n) is 8.24. The van der Waals surface area contributed by atoms with Crippen LogP contribution in [0.3, 0.4) is 0 Å². The third-order valence-corrected chi connectivity index (χ3v) is 4.12. The van der Waals surface area contributed by atoms with Crippen LogP contribution in [0.15, 0.2) is 48.8 Å². The van der Waals surface area contributed by atoms with Gasteiger partial charge in [-0.15, -0.1) is 0 Å². The Morgan fingerprint density at radius 2 is 1.54 bits per heavy atom. The van der Waals surface area contributed by atoms with E-state index in [4.69, 9.17) is 9.47 Å². The molecule has 0 aliphatic carbocycles. The van der Waals surface area contributed by atoms with E-state index in [1.165, 1.54) is 17.5 Å². The molecule has 0 saturated heterocycles. The number of hydrogen-bond acceptors (Lipinski definition) is 6. The summed E-state index contributed by atoms with van der Waals surface area (Å²) in [5, 5.41) is 6.55. The van der Waals surface area contributed by atoms with Gasteiger partial charge in [-0.05, 0) is 49.2 Å². The van der Waals surface area contributed by atoms with Crippen LogP contribution in [0.5, 0.6) is 11.5 Å². The molecule has 0 unspecified atom stereocenters. The minimum Gasteiger partial charge on any atom is -0.497 e. The third kappa shape index (κ3) is 4.03. The number of anilines is 4. The van der Waals surface area contributed by atoms with Gasteiger partial charge < -0.3 is 20.1 Å². The van der Waals surface area contributed by atoms with Gasteiger partial charge in [0.2, 0.25) is 0 Å². The van der Waals surface area contributed by atoms with Crippen molar-refractivity contribution in [2.45, 2.75) is 13.8 Å². The van der Waals surface area contributed by atoms with Crippen molar-refractivity contribution < 1.29 is 9.47 Å². The normalized spacial score (nSPS) is 10.3. The van der Waals surface area contributed by atoms with Gasteiger partial charge in [-0.3, -0.25) is 0 Å². The van der Waals surface area contributed by atoms with Gasteiger partial charge in [0.05, 0.1) is 19.9 Å². The van der Waals surface area contributed by atoms with Crippen molar-refractivity contribution in [2.24, 2.45) is 0 Å². The summed E-state index contributed by atoms with van der Waals surface area (Å²) in [6.07, 6.45) is 1.51. The number of hydrogen-bond donors (Lipinski definition) is 2. The lowest BCUT2D eigenvalue weighted by Gasteiger charge is -2.13. The third-order valence-electron chi connectivity index (χ3n) is 4.12. The predicted octanol–water partition coefficient (Wildman–Crippen LogP) is 4.60. The highest BCUT2D eigenvalue weighted by Crippen LogP contribution is 2.31. The molecule has 6 heteroatoms. The number of benzene rings is 2. The quantitative estimate of drug-likeness (QED) is 0.677. The van der Waals surface area contributed by atoms with E-state index in [0.717, 1.165) is 17.1 Å². The smallest absolute Gasteiger partial charge is 0.142 e. The molecule has 6 nitrogen and oxygen atoms in total. The van der Waals surface area contributed by atoms with Crippen LogP contribution >= 0.6 is 0 Å². The molecule has 0 saturated carbocycles. The minimum atomic E-state index is 0.651. The Morgan fingerprint density at radius 3 is 2.23 bits per heavy atom. The molecule has 134 valence electrons. The van der Waals surface area contributed by atoms with Crippen molar-refractivity contribution in [1.29, 1.82) is 0 Å². The number of methoxy groups -OCH3 is 2. The second-order valence-corrected chi connectivity index (χ2v) is 5.90. The Labute approximate surface area is 153 Å². The number of nitrogens with zero attached hydrogens (tertiary/aromatic N) is 2. The average Bonchev–Trinajstić information content (AvgIpc) is 2.65. The lowest BCUT2D eigenvalue weighted by Crippen LogP contribution is -2.00. The largest absolute Gasteiger partial charge is 0.497 e. The first-order valence-corrected chi connectivity index (χ1v) is 8.24. The van der Waals surface area contributed by atoms with E-state index in [1.807, 2.05) is 30.3 Å². The fourth-order valence-corrected chi connectivity index (χ4v) is 2.51. The van der Waals surface area contributed by atoms with Gasteiger partial charge in [0.25, 0.3) is 0 Å². The highest BCUT2D eigenvalue weighted by molar-refractivity contribution is 5.68. The van der Waals surface area contributed by atoms with Crippen molar-refractivity contribution in [3.8, 4) is 11.5 Å². The van der Waals surface area contributed by atoms with Gasteiger partial charge in [0.1, 0.15) is 29.5 Å². The molecule has 2 N–H and O–H groups in total. The Kier molecular flexibility index (Phi) is 5.22. The number of aryl methyl sites for hydroxylation is 2. The molecule has 1 heterocycles. The van der Waals surface area contributed by atoms with E-state index in [0.29, 0.717) is 17.4 Å². The molecule has 0 aliphatic heterocycles. The summed E-state index contributed by atoms with van der Waals surface area (Å²) in [6.45, 7) is 4.18. The van der Waals surface area contributed by atoms with Gasteiger partial charge in [0.15, 0.2) is 0 Å². The summed E-state index contributed by atoms with van der Waals surface area (Å²) in [6, 6.07) is 13.6. The van der Waals surface area contributed by atoms with Crippen LogP contribution < -0.4 is 20.1 Å². The molecule has 0 aliphatic rings. The summed E-state index contributed by atoms with van der Waals surface area (Å²) in [5.74, 6) is 2.79. The van der Waals surface area contributed by atoms with Crippen LogP contribution in [0.25, 0.3) is 0 Å². The molecule has 1 aromatic heterocycles. The van der Waals surface area contributed by atoms with E-state index in [1.54, 1.807) is 14.2 Å². The standard InChI is InChI=1S/C20H22N4O2/c1-13-5-6-15(9-14(13)2)23-19-11-20(22-12-21-19)24-17-10-16(25-3)7-8-18(17)26-4/h5-12H,1-4H3,(H2,21,22,23,24). The highest BCUT2D eigenvalue weighted by atomic mass is 16.5. The number of nitrogens with one attached hydrogen (secondary N) is 2. The maximum Gasteiger partial charge on any atom is 0.142 e. The molecular formula is C20H22N4O2. The summed E-state index contributed by atoms with van der Waals surface area (Å²) in [5.41, 5.74) is 4.23. The van der Waals surface area contributed by atoms with Crippen LogP contribution in [0.4, 0.5) is 23.0 Å². The highest BCUT2D eigenvalue weighted by Gasteiger charge is 2.07. The van der Waals surface area contributed by atoms with E-state index >= 15 is 0 Å². The van der Waals surface area contributed by atoms with Gasteiger partial charge in [-0.25, -0.2) is 9.97 Å². The zero-order chi connectivity index (χ0) is 18.5. The first kappa shape index (κ1) is 17.5. The average molecular weight is 350 g/mol. The molecule has 0 spiro atoms. The number of ether oxygens (including phenoxy) is 2. The Morgan fingerprint density at radius 1 is 0.769 bits per heavy atom. The molecule has 3 aromatic rings. The predicted molar refractivity (Wildman–Crippen MR) is 104 cm³/mol. The molecule has 3 rings (SSSR count). The number of aromatic nitrogens is 2. The molecular weight excluding hydrogens is 328 g/mol. The molecule has 0 fully saturated rings. The zero-order valence-corrected chi connectivity index (χ0v) is 15.3.